The van der Waals surface area contributed by atoms with Crippen molar-refractivity contribution >= 4 is 9.68 Å². The van der Waals surface area contributed by atoms with Crippen LogP contribution in [-0.4, -0.2) is 27.3 Å². The number of allylic oxidation sites excluding steroid dienone is 1. The molecule has 0 fully saturated rings. The van der Waals surface area contributed by atoms with Gasteiger partial charge in [0.05, 0.1) is 0 Å². The standard InChI is InChI=1S/C18H39NSi/c1-5-9-13-18(14-10-6-2)17-20-19(15-11-7-3)16-12-8-4/h17H,5-16,20H2,1-4H3. The summed E-state index contributed by atoms with van der Waals surface area (Å²) in [6, 6.07) is 0. The second-order valence-corrected chi connectivity index (χ2v) is 7.75. The molecule has 120 valence electrons. The van der Waals surface area contributed by atoms with Crippen molar-refractivity contribution in [3.63, 3.8) is 0 Å². The van der Waals surface area contributed by atoms with E-state index in [1.54, 1.807) is 5.57 Å². The Labute approximate surface area is 131 Å². The third kappa shape index (κ3) is 11.7. The summed E-state index contributed by atoms with van der Waals surface area (Å²) < 4.78 is 2.80. The van der Waals surface area contributed by atoms with E-state index >= 15 is 0 Å². The predicted octanol–water partition coefficient (Wildman–Crippen LogP) is 5.24. The van der Waals surface area contributed by atoms with Gasteiger partial charge in [0.15, 0.2) is 0 Å². The molecular weight excluding hydrogens is 258 g/mol. The molecule has 0 atom stereocenters. The zero-order valence-electron chi connectivity index (χ0n) is 14.7. The highest BCUT2D eigenvalue weighted by Crippen LogP contribution is 2.15. The normalized spacial score (nSPS) is 11.7. The first-order valence-electron chi connectivity index (χ1n) is 9.18. The molecule has 0 aromatic carbocycles. The van der Waals surface area contributed by atoms with Crippen LogP contribution < -0.4 is 0 Å². The van der Waals surface area contributed by atoms with Crippen molar-refractivity contribution in [1.82, 2.24) is 4.57 Å². The number of nitrogens with zero attached hydrogens (tertiary/aromatic N) is 1. The van der Waals surface area contributed by atoms with Gasteiger partial charge in [-0.05, 0) is 51.6 Å². The molecule has 0 spiro atoms. The summed E-state index contributed by atoms with van der Waals surface area (Å²) in [5, 5.41) is 0. The third-order valence-corrected chi connectivity index (χ3v) is 5.91. The van der Waals surface area contributed by atoms with Gasteiger partial charge in [0.25, 0.3) is 0 Å². The van der Waals surface area contributed by atoms with Crippen molar-refractivity contribution < 1.29 is 0 Å². The van der Waals surface area contributed by atoms with Crippen LogP contribution in [0.15, 0.2) is 11.3 Å². The van der Waals surface area contributed by atoms with Crippen LogP contribution in [0.4, 0.5) is 0 Å². The summed E-state index contributed by atoms with van der Waals surface area (Å²) in [5.41, 5.74) is 4.47. The Hall–Kier alpha value is -0.0831. The molecule has 0 saturated heterocycles. The Morgan fingerprint density at radius 3 is 1.60 bits per heavy atom. The fourth-order valence-electron chi connectivity index (χ4n) is 2.45. The lowest BCUT2D eigenvalue weighted by Gasteiger charge is -2.21. The van der Waals surface area contributed by atoms with E-state index in [4.69, 9.17) is 0 Å². The topological polar surface area (TPSA) is 3.24 Å². The molecule has 0 rings (SSSR count). The minimum absolute atomic E-state index is 0.147. The van der Waals surface area contributed by atoms with Crippen molar-refractivity contribution in [2.24, 2.45) is 0 Å². The lowest BCUT2D eigenvalue weighted by molar-refractivity contribution is 0.423. The smallest absolute Gasteiger partial charge is 0.119 e. The van der Waals surface area contributed by atoms with Crippen LogP contribution in [0.25, 0.3) is 0 Å². The first kappa shape index (κ1) is 19.9. The van der Waals surface area contributed by atoms with E-state index in [0.717, 1.165) is 0 Å². The van der Waals surface area contributed by atoms with E-state index in [9.17, 15) is 0 Å². The maximum absolute atomic E-state index is 2.80. The van der Waals surface area contributed by atoms with Gasteiger partial charge in [0.1, 0.15) is 9.68 Å². The Balaban J connectivity index is 4.30. The maximum atomic E-state index is 2.80. The molecule has 0 aromatic heterocycles. The van der Waals surface area contributed by atoms with E-state index < -0.39 is 0 Å². The van der Waals surface area contributed by atoms with E-state index in [1.807, 2.05) is 0 Å². The summed E-state index contributed by atoms with van der Waals surface area (Å²) in [6.45, 7) is 11.9. The zero-order valence-corrected chi connectivity index (χ0v) is 16.1. The Morgan fingerprint density at radius 2 is 1.20 bits per heavy atom. The maximum Gasteiger partial charge on any atom is 0.119 e. The van der Waals surface area contributed by atoms with Gasteiger partial charge in [0.2, 0.25) is 0 Å². The van der Waals surface area contributed by atoms with Gasteiger partial charge in [-0.2, -0.15) is 0 Å². The summed E-state index contributed by atoms with van der Waals surface area (Å²) in [7, 11) is -0.147. The molecule has 0 aromatic rings. The molecule has 0 aliphatic heterocycles. The number of hydrogen-bond donors (Lipinski definition) is 0. The first-order valence-corrected chi connectivity index (χ1v) is 10.6. The van der Waals surface area contributed by atoms with E-state index in [-0.39, 0.29) is 9.68 Å². The van der Waals surface area contributed by atoms with E-state index in [0.29, 0.717) is 0 Å². The average molecular weight is 298 g/mol. The molecule has 2 heteroatoms. The summed E-state index contributed by atoms with van der Waals surface area (Å²) in [4.78, 5) is 0. The Bertz CT molecular complexity index is 207. The van der Waals surface area contributed by atoms with Crippen molar-refractivity contribution in [1.29, 1.82) is 0 Å². The van der Waals surface area contributed by atoms with Gasteiger partial charge in [-0.3, -0.25) is 0 Å². The van der Waals surface area contributed by atoms with Crippen molar-refractivity contribution in [3.05, 3.63) is 11.3 Å². The third-order valence-electron chi connectivity index (χ3n) is 4.00. The molecule has 0 heterocycles. The van der Waals surface area contributed by atoms with Crippen LogP contribution in [0, 0.1) is 0 Å². The fourth-order valence-corrected chi connectivity index (χ4v) is 4.19. The molecule has 0 radical (unpaired) electrons. The zero-order chi connectivity index (χ0) is 15.1. The SMILES string of the molecule is CCCCC(=C[SiH2]N(CCCC)CCCC)CCCC. The largest absolute Gasteiger partial charge is 0.325 e. The van der Waals surface area contributed by atoms with Gasteiger partial charge >= 0.3 is 0 Å². The van der Waals surface area contributed by atoms with Crippen LogP contribution in [-0.2, 0) is 0 Å². The Morgan fingerprint density at radius 1 is 0.750 bits per heavy atom. The fraction of sp³-hybridized carbons (Fsp3) is 0.889. The van der Waals surface area contributed by atoms with Gasteiger partial charge in [0, 0.05) is 0 Å². The summed E-state index contributed by atoms with van der Waals surface area (Å²) in [6.07, 6.45) is 13.6. The summed E-state index contributed by atoms with van der Waals surface area (Å²) in [5.74, 6) is 0. The van der Waals surface area contributed by atoms with Crippen LogP contribution in [0.5, 0.6) is 0 Å². The molecule has 0 aliphatic carbocycles. The van der Waals surface area contributed by atoms with Gasteiger partial charge in [-0.25, -0.2) is 0 Å². The van der Waals surface area contributed by atoms with Crippen molar-refractivity contribution in [2.75, 3.05) is 13.1 Å². The highest BCUT2D eigenvalue weighted by Gasteiger charge is 2.04. The molecular formula is C18H39NSi. The quantitative estimate of drug-likeness (QED) is 0.396. The van der Waals surface area contributed by atoms with Gasteiger partial charge < -0.3 is 4.57 Å². The minimum atomic E-state index is -0.147. The number of unbranched alkanes of at least 4 members (excludes halogenated alkanes) is 4. The highest BCUT2D eigenvalue weighted by molar-refractivity contribution is 6.39. The lowest BCUT2D eigenvalue weighted by Crippen LogP contribution is -2.29. The van der Waals surface area contributed by atoms with E-state index in [1.165, 1.54) is 77.3 Å². The van der Waals surface area contributed by atoms with Crippen LogP contribution in [0.2, 0.25) is 0 Å². The molecule has 1 nitrogen and oxygen atoms in total. The molecule has 0 N–H and O–H groups in total. The molecule has 0 saturated carbocycles. The van der Waals surface area contributed by atoms with E-state index in [2.05, 4.69) is 38.0 Å². The van der Waals surface area contributed by atoms with Gasteiger partial charge in [-0.15, -0.1) is 0 Å². The Kier molecular flexibility index (Phi) is 15.2. The predicted molar refractivity (Wildman–Crippen MR) is 97.1 cm³/mol. The van der Waals surface area contributed by atoms with Crippen molar-refractivity contribution in [3.8, 4) is 0 Å². The van der Waals surface area contributed by atoms with Crippen LogP contribution in [0.3, 0.4) is 0 Å². The monoisotopic (exact) mass is 297 g/mol. The molecule has 0 unspecified atom stereocenters. The number of hydrogen-bond acceptors (Lipinski definition) is 1. The van der Waals surface area contributed by atoms with Gasteiger partial charge in [-0.1, -0.05) is 64.7 Å². The molecule has 20 heavy (non-hydrogen) atoms. The second-order valence-electron chi connectivity index (χ2n) is 6.08. The lowest BCUT2D eigenvalue weighted by atomic mass is 10.1. The first-order chi connectivity index (χ1) is 9.78. The van der Waals surface area contributed by atoms with Crippen LogP contribution in [0.1, 0.15) is 91.9 Å². The second kappa shape index (κ2) is 15.3. The minimum Gasteiger partial charge on any atom is -0.325 e. The summed E-state index contributed by atoms with van der Waals surface area (Å²) >= 11 is 0. The van der Waals surface area contributed by atoms with Crippen LogP contribution >= 0.6 is 0 Å². The number of rotatable bonds is 14. The van der Waals surface area contributed by atoms with Crippen molar-refractivity contribution in [2.45, 2.75) is 91.9 Å². The molecule has 0 bridgehead atoms. The molecule has 0 aliphatic rings. The average Bonchev–Trinajstić information content (AvgIpc) is 2.48. The molecule has 0 amide bonds. The highest BCUT2D eigenvalue weighted by atomic mass is 28.2.